The highest BCUT2D eigenvalue weighted by Crippen LogP contribution is 2.17. The number of rotatable bonds is 6. The summed E-state index contributed by atoms with van der Waals surface area (Å²) in [5, 5.41) is 5.40. The van der Waals surface area contributed by atoms with Crippen LogP contribution in [0, 0.1) is 0 Å². The predicted octanol–water partition coefficient (Wildman–Crippen LogP) is 0.456. The molecule has 2 amide bonds. The van der Waals surface area contributed by atoms with Crippen molar-refractivity contribution in [3.05, 3.63) is 34.9 Å². The monoisotopic (exact) mass is 303 g/mol. The van der Waals surface area contributed by atoms with Gasteiger partial charge in [0.05, 0.1) is 6.04 Å². The second kappa shape index (κ2) is 7.29. The molecule has 1 aliphatic rings. The van der Waals surface area contributed by atoms with Gasteiger partial charge in [0.25, 0.3) is 0 Å². The first-order chi connectivity index (χ1) is 10.5. The summed E-state index contributed by atoms with van der Waals surface area (Å²) in [6.07, 6.45) is 1.70. The van der Waals surface area contributed by atoms with Crippen molar-refractivity contribution in [3.8, 4) is 0 Å². The summed E-state index contributed by atoms with van der Waals surface area (Å²) in [7, 11) is 3.68. The maximum absolute atomic E-state index is 11.9. The molecule has 1 atom stereocenters. The van der Waals surface area contributed by atoms with Crippen molar-refractivity contribution in [1.29, 1.82) is 0 Å². The number of likely N-dealkylation sites (N-methyl/N-ethyl adjacent to an activating group) is 1. The Morgan fingerprint density at radius 2 is 2.18 bits per heavy atom. The van der Waals surface area contributed by atoms with Gasteiger partial charge in [0, 0.05) is 25.1 Å². The van der Waals surface area contributed by atoms with Crippen LogP contribution in [0.4, 0.5) is 0 Å². The van der Waals surface area contributed by atoms with Crippen LogP contribution in [0.25, 0.3) is 0 Å². The van der Waals surface area contributed by atoms with E-state index < -0.39 is 0 Å². The molecule has 1 aromatic carbocycles. The first-order valence-corrected chi connectivity index (χ1v) is 7.30. The Morgan fingerprint density at radius 1 is 1.41 bits per heavy atom. The van der Waals surface area contributed by atoms with Gasteiger partial charge in [-0.2, -0.15) is 0 Å². The van der Waals surface area contributed by atoms with Crippen LogP contribution < -0.4 is 10.6 Å². The molecule has 0 saturated carbocycles. The number of carbonyl (C=O) groups is 3. The molecule has 22 heavy (non-hydrogen) atoms. The number of carbonyl (C=O) groups excluding carboxylic acids is 3. The van der Waals surface area contributed by atoms with Gasteiger partial charge in [-0.15, -0.1) is 0 Å². The fourth-order valence-electron chi connectivity index (χ4n) is 2.69. The molecule has 0 bridgehead atoms. The lowest BCUT2D eigenvalue weighted by atomic mass is 10.0. The zero-order valence-corrected chi connectivity index (χ0v) is 12.9. The molecule has 2 rings (SSSR count). The Balaban J connectivity index is 2.10. The predicted molar refractivity (Wildman–Crippen MR) is 82.2 cm³/mol. The number of benzene rings is 1. The second-order valence-electron chi connectivity index (χ2n) is 5.56. The summed E-state index contributed by atoms with van der Waals surface area (Å²) in [5.74, 6) is -0.488. The van der Waals surface area contributed by atoms with Gasteiger partial charge >= 0.3 is 0 Å². The molecular formula is C16H21N3O3. The van der Waals surface area contributed by atoms with Crippen molar-refractivity contribution in [2.75, 3.05) is 14.1 Å². The van der Waals surface area contributed by atoms with E-state index in [4.69, 9.17) is 0 Å². The number of imide groups is 1. The topological polar surface area (TPSA) is 78.5 Å². The average Bonchev–Trinajstić information content (AvgIpc) is 2.48. The zero-order valence-electron chi connectivity index (χ0n) is 12.9. The molecule has 2 N–H and O–H groups in total. The van der Waals surface area contributed by atoms with Crippen molar-refractivity contribution in [1.82, 2.24) is 15.5 Å². The van der Waals surface area contributed by atoms with Crippen LogP contribution in [-0.4, -0.2) is 43.1 Å². The minimum atomic E-state index is -0.339. The van der Waals surface area contributed by atoms with E-state index in [9.17, 15) is 14.4 Å². The molecule has 1 aliphatic heterocycles. The fraction of sp³-hybridized carbons (Fsp3) is 0.438. The summed E-state index contributed by atoms with van der Waals surface area (Å²) in [4.78, 5) is 36.2. The molecule has 1 heterocycles. The van der Waals surface area contributed by atoms with Crippen molar-refractivity contribution in [3.63, 3.8) is 0 Å². The molecule has 1 saturated heterocycles. The summed E-state index contributed by atoms with van der Waals surface area (Å²) in [5.41, 5.74) is 2.55. The lowest BCUT2D eigenvalue weighted by Crippen LogP contribution is -2.51. The molecule has 6 heteroatoms. The van der Waals surface area contributed by atoms with E-state index in [-0.39, 0.29) is 17.9 Å². The fourth-order valence-corrected chi connectivity index (χ4v) is 2.69. The van der Waals surface area contributed by atoms with Gasteiger partial charge in [-0.1, -0.05) is 12.1 Å². The molecule has 0 spiro atoms. The molecule has 1 fully saturated rings. The summed E-state index contributed by atoms with van der Waals surface area (Å²) in [6.45, 7) is 1.18. The van der Waals surface area contributed by atoms with Crippen LogP contribution in [0.15, 0.2) is 18.2 Å². The minimum Gasteiger partial charge on any atom is -0.316 e. The average molecular weight is 303 g/mol. The van der Waals surface area contributed by atoms with Gasteiger partial charge in [-0.05, 0) is 37.7 Å². The van der Waals surface area contributed by atoms with Crippen molar-refractivity contribution in [2.45, 2.75) is 32.0 Å². The lowest BCUT2D eigenvalue weighted by molar-refractivity contribution is -0.137. The molecule has 1 unspecified atom stereocenters. The third-order valence-electron chi connectivity index (χ3n) is 3.88. The highest BCUT2D eigenvalue weighted by atomic mass is 16.2. The normalized spacial score (nSPS) is 18.4. The van der Waals surface area contributed by atoms with Crippen molar-refractivity contribution in [2.24, 2.45) is 0 Å². The quantitative estimate of drug-likeness (QED) is 0.589. The molecule has 1 aromatic rings. The number of hydrogen-bond donors (Lipinski definition) is 2. The maximum Gasteiger partial charge on any atom is 0.243 e. The van der Waals surface area contributed by atoms with Crippen LogP contribution in [0.5, 0.6) is 0 Å². The number of amides is 2. The van der Waals surface area contributed by atoms with Gasteiger partial charge in [0.15, 0.2) is 0 Å². The molecule has 6 nitrogen and oxygen atoms in total. The largest absolute Gasteiger partial charge is 0.316 e. The standard InChI is InChI=1S/C16H21N3O3/c1-17-8-11-3-4-12(13(7-11)10-20)9-19(2)14-5-6-15(21)18-16(14)22/h3-4,7,10,14,17H,5-6,8-9H2,1-2H3,(H,18,21,22). The molecule has 118 valence electrons. The Hall–Kier alpha value is -2.05. The van der Waals surface area contributed by atoms with Gasteiger partial charge in [0.1, 0.15) is 6.29 Å². The van der Waals surface area contributed by atoms with Gasteiger partial charge in [-0.3, -0.25) is 24.6 Å². The van der Waals surface area contributed by atoms with Crippen LogP contribution >= 0.6 is 0 Å². The number of piperidine rings is 1. The molecule has 0 aromatic heterocycles. The van der Waals surface area contributed by atoms with E-state index in [1.54, 1.807) is 0 Å². The van der Waals surface area contributed by atoms with E-state index in [0.29, 0.717) is 31.5 Å². The summed E-state index contributed by atoms with van der Waals surface area (Å²) >= 11 is 0. The van der Waals surface area contributed by atoms with E-state index in [1.165, 1.54) is 0 Å². The highest BCUT2D eigenvalue weighted by molar-refractivity contribution is 6.00. The van der Waals surface area contributed by atoms with Gasteiger partial charge < -0.3 is 5.32 Å². The third-order valence-corrected chi connectivity index (χ3v) is 3.88. The minimum absolute atomic E-state index is 0.223. The molecule has 0 aliphatic carbocycles. The van der Waals surface area contributed by atoms with Crippen LogP contribution in [0.3, 0.4) is 0 Å². The van der Waals surface area contributed by atoms with E-state index >= 15 is 0 Å². The zero-order chi connectivity index (χ0) is 16.1. The van der Waals surface area contributed by atoms with Gasteiger partial charge in [-0.25, -0.2) is 0 Å². The van der Waals surface area contributed by atoms with Crippen LogP contribution in [-0.2, 0) is 22.7 Å². The lowest BCUT2D eigenvalue weighted by Gasteiger charge is -2.30. The maximum atomic E-state index is 11.9. The number of nitrogens with one attached hydrogen (secondary N) is 2. The van der Waals surface area contributed by atoms with E-state index in [0.717, 1.165) is 17.4 Å². The molecule has 0 radical (unpaired) electrons. The van der Waals surface area contributed by atoms with Gasteiger partial charge in [0.2, 0.25) is 11.8 Å². The number of nitrogens with zero attached hydrogens (tertiary/aromatic N) is 1. The van der Waals surface area contributed by atoms with Crippen molar-refractivity contribution >= 4 is 18.1 Å². The number of hydrogen-bond acceptors (Lipinski definition) is 5. The van der Waals surface area contributed by atoms with Crippen molar-refractivity contribution < 1.29 is 14.4 Å². The summed E-state index contributed by atoms with van der Waals surface area (Å²) in [6, 6.07) is 5.40. The third kappa shape index (κ3) is 3.78. The van der Waals surface area contributed by atoms with E-state index in [2.05, 4.69) is 10.6 Å². The highest BCUT2D eigenvalue weighted by Gasteiger charge is 2.29. The Bertz CT molecular complexity index is 586. The summed E-state index contributed by atoms with van der Waals surface area (Å²) < 4.78 is 0. The first-order valence-electron chi connectivity index (χ1n) is 7.30. The SMILES string of the molecule is CNCc1ccc(CN(C)C2CCC(=O)NC2=O)c(C=O)c1. The Morgan fingerprint density at radius 3 is 2.82 bits per heavy atom. The first kappa shape index (κ1) is 16.3. The molecular weight excluding hydrogens is 282 g/mol. The second-order valence-corrected chi connectivity index (χ2v) is 5.56. The van der Waals surface area contributed by atoms with Crippen LogP contribution in [0.1, 0.15) is 34.3 Å². The smallest absolute Gasteiger partial charge is 0.243 e. The number of aldehydes is 1. The van der Waals surface area contributed by atoms with E-state index in [1.807, 2.05) is 37.2 Å². The van der Waals surface area contributed by atoms with Crippen LogP contribution in [0.2, 0.25) is 0 Å². The Kier molecular flexibility index (Phi) is 5.41. The Labute approximate surface area is 129 Å².